The fraction of sp³-hybridized carbons (Fsp3) is 0.579. The highest BCUT2D eigenvalue weighted by atomic mass is 15.2. The van der Waals surface area contributed by atoms with Crippen LogP contribution in [0.25, 0.3) is 0 Å². The fourth-order valence-electron chi connectivity index (χ4n) is 4.27. The Labute approximate surface area is 138 Å². The van der Waals surface area contributed by atoms with Crippen LogP contribution in [-0.2, 0) is 6.54 Å². The van der Waals surface area contributed by atoms with Gasteiger partial charge in [0.25, 0.3) is 0 Å². The van der Waals surface area contributed by atoms with Gasteiger partial charge in [-0.05, 0) is 44.4 Å². The molecular formula is C19H26N4. The molecule has 23 heavy (non-hydrogen) atoms. The van der Waals surface area contributed by atoms with Gasteiger partial charge in [-0.25, -0.2) is 4.98 Å². The van der Waals surface area contributed by atoms with Gasteiger partial charge in [-0.3, -0.25) is 9.88 Å². The zero-order chi connectivity index (χ0) is 15.5. The van der Waals surface area contributed by atoms with E-state index in [-0.39, 0.29) is 0 Å². The van der Waals surface area contributed by atoms with E-state index in [0.29, 0.717) is 12.1 Å². The van der Waals surface area contributed by atoms with Gasteiger partial charge in [0.05, 0.1) is 23.8 Å². The fourth-order valence-corrected chi connectivity index (χ4v) is 4.27. The second-order valence-electron chi connectivity index (χ2n) is 6.97. The maximum absolute atomic E-state index is 4.59. The summed E-state index contributed by atoms with van der Waals surface area (Å²) in [5.74, 6) is 0. The lowest BCUT2D eigenvalue weighted by atomic mass is 9.95. The topological polar surface area (TPSA) is 34.0 Å². The molecular weight excluding hydrogens is 284 g/mol. The van der Waals surface area contributed by atoms with Gasteiger partial charge in [-0.15, -0.1) is 0 Å². The van der Waals surface area contributed by atoms with E-state index in [2.05, 4.69) is 44.1 Å². The number of imidazole rings is 1. The van der Waals surface area contributed by atoms with Crippen LogP contribution >= 0.6 is 0 Å². The van der Waals surface area contributed by atoms with Crippen molar-refractivity contribution in [1.29, 1.82) is 0 Å². The lowest BCUT2D eigenvalue weighted by Gasteiger charge is -2.28. The van der Waals surface area contributed by atoms with Crippen molar-refractivity contribution in [3.8, 4) is 0 Å². The van der Waals surface area contributed by atoms with Gasteiger partial charge >= 0.3 is 0 Å². The summed E-state index contributed by atoms with van der Waals surface area (Å²) in [5.41, 5.74) is 2.59. The van der Waals surface area contributed by atoms with Crippen molar-refractivity contribution >= 4 is 0 Å². The molecule has 1 saturated carbocycles. The Hall–Kier alpha value is -1.68. The number of rotatable bonds is 4. The molecule has 1 saturated heterocycles. The Kier molecular flexibility index (Phi) is 4.42. The van der Waals surface area contributed by atoms with Crippen LogP contribution in [0, 0.1) is 0 Å². The maximum Gasteiger partial charge on any atom is 0.0951 e. The molecule has 1 aliphatic heterocycles. The largest absolute Gasteiger partial charge is 0.330 e. The van der Waals surface area contributed by atoms with Crippen molar-refractivity contribution in [1.82, 2.24) is 19.4 Å². The minimum absolute atomic E-state index is 0.464. The van der Waals surface area contributed by atoms with E-state index < -0.39 is 0 Å². The summed E-state index contributed by atoms with van der Waals surface area (Å²) >= 11 is 0. The standard InChI is InChI=1S/C19H26N4/c1-2-7-16(8-3-1)23-15-20-13-17(23)14-22-12-6-10-19(22)18-9-4-5-11-21-18/h4-5,9,11,13,15-16,19H,1-3,6-8,10,12,14H2/t19-/m1/s1. The molecule has 1 aliphatic carbocycles. The molecule has 0 N–H and O–H groups in total. The first-order valence-electron chi connectivity index (χ1n) is 9.07. The minimum Gasteiger partial charge on any atom is -0.330 e. The summed E-state index contributed by atoms with van der Waals surface area (Å²) in [6.07, 6.45) is 15.3. The second kappa shape index (κ2) is 6.83. The van der Waals surface area contributed by atoms with E-state index in [9.17, 15) is 0 Å². The second-order valence-corrected chi connectivity index (χ2v) is 6.97. The zero-order valence-corrected chi connectivity index (χ0v) is 13.8. The Morgan fingerprint density at radius 2 is 1.96 bits per heavy atom. The van der Waals surface area contributed by atoms with Crippen LogP contribution in [0.5, 0.6) is 0 Å². The summed E-state index contributed by atoms with van der Waals surface area (Å²) in [5, 5.41) is 0. The first-order chi connectivity index (χ1) is 11.4. The van der Waals surface area contributed by atoms with Crippen molar-refractivity contribution in [2.24, 2.45) is 0 Å². The molecule has 3 heterocycles. The Morgan fingerprint density at radius 1 is 1.04 bits per heavy atom. The van der Waals surface area contributed by atoms with Crippen LogP contribution in [0.4, 0.5) is 0 Å². The average molecular weight is 310 g/mol. The molecule has 0 radical (unpaired) electrons. The number of hydrogen-bond acceptors (Lipinski definition) is 3. The molecule has 0 unspecified atom stereocenters. The molecule has 0 spiro atoms. The third-order valence-electron chi connectivity index (χ3n) is 5.47. The van der Waals surface area contributed by atoms with Crippen molar-refractivity contribution in [2.45, 2.75) is 63.6 Å². The van der Waals surface area contributed by atoms with Gasteiger partial charge in [-0.2, -0.15) is 0 Å². The Bertz CT molecular complexity index is 615. The predicted molar refractivity (Wildman–Crippen MR) is 91.0 cm³/mol. The highest BCUT2D eigenvalue weighted by Gasteiger charge is 2.28. The van der Waals surface area contributed by atoms with Gasteiger partial charge in [0.2, 0.25) is 0 Å². The van der Waals surface area contributed by atoms with Crippen LogP contribution in [0.2, 0.25) is 0 Å². The van der Waals surface area contributed by atoms with Crippen LogP contribution in [0.15, 0.2) is 36.9 Å². The molecule has 1 atom stereocenters. The third kappa shape index (κ3) is 3.18. The van der Waals surface area contributed by atoms with Crippen LogP contribution in [0.3, 0.4) is 0 Å². The molecule has 122 valence electrons. The number of hydrogen-bond donors (Lipinski definition) is 0. The number of likely N-dealkylation sites (tertiary alicyclic amines) is 1. The first kappa shape index (κ1) is 14.9. The van der Waals surface area contributed by atoms with Gasteiger partial charge < -0.3 is 4.57 Å². The van der Waals surface area contributed by atoms with Crippen molar-refractivity contribution in [2.75, 3.05) is 6.54 Å². The summed E-state index contributed by atoms with van der Waals surface area (Å²) in [6.45, 7) is 2.16. The first-order valence-corrected chi connectivity index (χ1v) is 9.07. The van der Waals surface area contributed by atoms with E-state index in [4.69, 9.17) is 0 Å². The summed E-state index contributed by atoms with van der Waals surface area (Å²) in [4.78, 5) is 11.6. The molecule has 4 heteroatoms. The molecule has 4 rings (SSSR count). The van der Waals surface area contributed by atoms with Crippen molar-refractivity contribution < 1.29 is 0 Å². The molecule has 0 amide bonds. The van der Waals surface area contributed by atoms with Crippen molar-refractivity contribution in [3.05, 3.63) is 48.3 Å². The van der Waals surface area contributed by atoms with Crippen molar-refractivity contribution in [3.63, 3.8) is 0 Å². The Morgan fingerprint density at radius 3 is 2.78 bits per heavy atom. The predicted octanol–water partition coefficient (Wildman–Crippen LogP) is 4.12. The molecule has 2 fully saturated rings. The Balaban J connectivity index is 1.50. The van der Waals surface area contributed by atoms with Gasteiger partial charge in [0.15, 0.2) is 0 Å². The number of nitrogens with zero attached hydrogens (tertiary/aromatic N) is 4. The molecule has 2 aliphatic rings. The molecule has 0 bridgehead atoms. The van der Waals surface area contributed by atoms with Crippen LogP contribution in [0.1, 0.15) is 68.4 Å². The molecule has 2 aromatic rings. The van der Waals surface area contributed by atoms with Gasteiger partial charge in [0, 0.05) is 25.0 Å². The highest BCUT2D eigenvalue weighted by molar-refractivity contribution is 5.12. The quantitative estimate of drug-likeness (QED) is 0.852. The van der Waals surface area contributed by atoms with Crippen LogP contribution in [-0.4, -0.2) is 26.0 Å². The normalized spacial score (nSPS) is 23.4. The number of aromatic nitrogens is 3. The van der Waals surface area contributed by atoms with E-state index in [1.807, 2.05) is 12.3 Å². The average Bonchev–Trinajstić information content (AvgIpc) is 3.26. The monoisotopic (exact) mass is 310 g/mol. The number of pyridine rings is 1. The summed E-state index contributed by atoms with van der Waals surface area (Å²) < 4.78 is 2.45. The maximum atomic E-state index is 4.59. The van der Waals surface area contributed by atoms with Gasteiger partial charge in [-0.1, -0.05) is 25.3 Å². The molecule has 0 aromatic carbocycles. The highest BCUT2D eigenvalue weighted by Crippen LogP contribution is 2.33. The lowest BCUT2D eigenvalue weighted by Crippen LogP contribution is -2.26. The van der Waals surface area contributed by atoms with Gasteiger partial charge in [0.1, 0.15) is 0 Å². The van der Waals surface area contributed by atoms with E-state index in [1.54, 1.807) is 0 Å². The van der Waals surface area contributed by atoms with E-state index >= 15 is 0 Å². The lowest BCUT2D eigenvalue weighted by molar-refractivity contribution is 0.232. The minimum atomic E-state index is 0.464. The SMILES string of the molecule is c1ccc([C@H]2CCCN2Cc2cncn2C2CCCCC2)nc1. The third-order valence-corrected chi connectivity index (χ3v) is 5.47. The summed E-state index contributed by atoms with van der Waals surface area (Å²) in [7, 11) is 0. The molecule has 2 aromatic heterocycles. The van der Waals surface area contributed by atoms with E-state index in [0.717, 1.165) is 13.1 Å². The zero-order valence-electron chi connectivity index (χ0n) is 13.8. The molecule has 4 nitrogen and oxygen atoms in total. The smallest absolute Gasteiger partial charge is 0.0951 e. The summed E-state index contributed by atoms with van der Waals surface area (Å²) in [6, 6.07) is 7.40. The van der Waals surface area contributed by atoms with Crippen LogP contribution < -0.4 is 0 Å². The van der Waals surface area contributed by atoms with E-state index in [1.165, 1.54) is 56.3 Å².